The highest BCUT2D eigenvalue weighted by Crippen LogP contribution is 2.23. The molecule has 0 bridgehead atoms. The Labute approximate surface area is 415 Å². The van der Waals surface area contributed by atoms with Crippen molar-refractivity contribution in [3.63, 3.8) is 0 Å². The van der Waals surface area contributed by atoms with E-state index in [0.29, 0.717) is 28.5 Å². The minimum absolute atomic E-state index is 0. The minimum Gasteiger partial charge on any atom is -0.515 e. The topological polar surface area (TPSA) is 181 Å². The zero-order chi connectivity index (χ0) is 51.0. The number of hydrogen-bond donors (Lipinski definition) is 2. The van der Waals surface area contributed by atoms with E-state index in [9.17, 15) is 24.0 Å². The molecule has 0 aromatic heterocycles. The molecule has 0 unspecified atom stereocenters. The van der Waals surface area contributed by atoms with E-state index in [1.165, 1.54) is 55.2 Å². The number of rotatable bonds is 13. The van der Waals surface area contributed by atoms with Gasteiger partial charge in [-0.1, -0.05) is 145 Å². The lowest BCUT2D eigenvalue weighted by Gasteiger charge is -2.09. The minimum atomic E-state index is -0.778. The van der Waals surface area contributed by atoms with Crippen molar-refractivity contribution >= 4 is 62.5 Å². The van der Waals surface area contributed by atoms with E-state index in [-0.39, 0.29) is 25.4 Å². The van der Waals surface area contributed by atoms with Gasteiger partial charge in [-0.25, -0.2) is 14.4 Å². The number of esters is 4. The highest BCUT2D eigenvalue weighted by atomic mass is 79.9. The Hall–Kier alpha value is -7.45. The molecule has 370 valence electrons. The van der Waals surface area contributed by atoms with Crippen molar-refractivity contribution in [2.45, 2.75) is 53.3 Å². The Morgan fingerprint density at radius 3 is 1.14 bits per heavy atom. The Morgan fingerprint density at radius 2 is 0.797 bits per heavy atom. The molecule has 0 spiro atoms. The molecule has 0 aliphatic heterocycles. The molecule has 69 heavy (non-hydrogen) atoms. The van der Waals surface area contributed by atoms with Gasteiger partial charge in [-0.15, -0.1) is 0 Å². The fourth-order valence-corrected chi connectivity index (χ4v) is 6.39. The number of methoxy groups -OCH3 is 6. The molecule has 0 heterocycles. The van der Waals surface area contributed by atoms with Crippen LogP contribution in [0.4, 0.5) is 0 Å². The molecule has 0 saturated heterocycles. The lowest BCUT2D eigenvalue weighted by atomic mass is 10.0. The van der Waals surface area contributed by atoms with Crippen LogP contribution in [0.2, 0.25) is 0 Å². The molecule has 0 atom stereocenters. The molecule has 0 aliphatic carbocycles. The van der Waals surface area contributed by atoms with E-state index in [4.69, 9.17) is 24.4 Å². The maximum atomic E-state index is 11.6. The zero-order valence-electron chi connectivity index (χ0n) is 40.2. The second-order valence-electron chi connectivity index (χ2n) is 14.1. The second-order valence-corrected chi connectivity index (χ2v) is 14.7. The van der Waals surface area contributed by atoms with Gasteiger partial charge in [0.2, 0.25) is 0 Å². The Balaban J connectivity index is 0.000000839. The fourth-order valence-electron chi connectivity index (χ4n) is 5.90. The van der Waals surface area contributed by atoms with Gasteiger partial charge in [-0.05, 0) is 83.3 Å². The molecule has 0 saturated carbocycles. The number of aliphatic carboxylic acids is 1. The summed E-state index contributed by atoms with van der Waals surface area (Å²) in [6, 6.07) is 37.8. The molecule has 13 nitrogen and oxygen atoms in total. The van der Waals surface area contributed by atoms with Crippen molar-refractivity contribution in [2.75, 3.05) is 42.7 Å². The Morgan fingerprint density at radius 1 is 0.464 bits per heavy atom. The smallest absolute Gasteiger partial charge is 0.341 e. The van der Waals surface area contributed by atoms with Crippen LogP contribution in [0.3, 0.4) is 0 Å². The molecular weight excluding hydrogens is 948 g/mol. The first-order valence-corrected chi connectivity index (χ1v) is 21.9. The van der Waals surface area contributed by atoms with Crippen molar-refractivity contribution in [3.8, 4) is 0 Å². The Kier molecular flexibility index (Phi) is 31.0. The summed E-state index contributed by atoms with van der Waals surface area (Å²) >= 11 is 3.38. The molecule has 2 N–H and O–H groups in total. The third kappa shape index (κ3) is 21.8. The number of carbonyl (C=O) groups is 5. The van der Waals surface area contributed by atoms with Crippen molar-refractivity contribution in [1.82, 2.24) is 0 Å². The summed E-state index contributed by atoms with van der Waals surface area (Å²) in [6.07, 6.45) is 4.05. The number of alkyl halides is 1. The number of carboxylic acid groups (broad SMARTS) is 1. The SMILES string of the molecule is C.CO/C=C(/C(=O)OC)c1ccccc1C.CO/C=C(/C(=O)OC)c1ccccc1CBr.COC(=O)/C(=C/O)c1ccccc1C.COC(=O)Cc1ccccc1C.Cc1ccccc1CC(=O)O. The van der Waals surface area contributed by atoms with Gasteiger partial charge in [-0.3, -0.25) is 9.59 Å². The van der Waals surface area contributed by atoms with E-state index in [1.807, 2.05) is 137 Å². The highest BCUT2D eigenvalue weighted by Gasteiger charge is 2.17. The average Bonchev–Trinajstić information content (AvgIpc) is 3.35. The zero-order valence-corrected chi connectivity index (χ0v) is 41.7. The van der Waals surface area contributed by atoms with E-state index in [2.05, 4.69) is 30.1 Å². The first-order chi connectivity index (χ1) is 32.6. The number of benzene rings is 5. The van der Waals surface area contributed by atoms with Crippen LogP contribution in [-0.4, -0.2) is 82.7 Å². The number of carboxylic acids is 1. The van der Waals surface area contributed by atoms with Crippen molar-refractivity contribution in [3.05, 3.63) is 196 Å². The third-order valence-corrected chi connectivity index (χ3v) is 10.2. The molecule has 5 aromatic carbocycles. The molecule has 0 radical (unpaired) electrons. The summed E-state index contributed by atoms with van der Waals surface area (Å²) in [7, 11) is 8.39. The van der Waals surface area contributed by atoms with Gasteiger partial charge in [0.1, 0.15) is 16.7 Å². The monoisotopic (exact) mass is 1010 g/mol. The van der Waals surface area contributed by atoms with Gasteiger partial charge in [0, 0.05) is 5.33 Å². The van der Waals surface area contributed by atoms with Crippen LogP contribution in [0, 0.1) is 27.7 Å². The Bertz CT molecular complexity index is 2490. The first kappa shape index (κ1) is 61.5. The predicted octanol–water partition coefficient (Wildman–Crippen LogP) is 10.9. The van der Waals surface area contributed by atoms with Crippen molar-refractivity contribution < 1.29 is 62.6 Å². The number of aryl methyl sites for hydroxylation is 4. The average molecular weight is 1010 g/mol. The summed E-state index contributed by atoms with van der Waals surface area (Å²) in [4.78, 5) is 55.5. The number of ether oxygens (including phenoxy) is 6. The standard InChI is InChI=1S/C12H13BrO3.C12H14O3.C11H12O3.C10H12O2.C9H10O2.CH4/c1-15-8-11(12(14)16-2)10-6-4-3-5-9(10)7-13;1-9-6-4-5-7-10(9)11(8-14-2)12(13)15-3;1-8-5-3-4-6-9(8)10(7-12)11(13)14-2;1-8-5-3-4-6-9(8)7-10(11)12-2;1-7-4-2-3-5-8(7)6-9(10)11;/h3-6,8H,7H2,1-2H3;4-8H,1-3H3;3-7,12H,1-2H3;3-6H,7H2,1-2H3;2-5H,6H2,1H3,(H,10,11);1H4/b2*11-8+;10-7+;;;. The molecule has 14 heteroatoms. The van der Waals surface area contributed by atoms with E-state index in [1.54, 1.807) is 12.1 Å². The van der Waals surface area contributed by atoms with E-state index >= 15 is 0 Å². The maximum Gasteiger partial charge on any atom is 0.341 e. The molecule has 5 aromatic rings. The molecule has 0 amide bonds. The van der Waals surface area contributed by atoms with Crippen LogP contribution in [0.15, 0.2) is 140 Å². The van der Waals surface area contributed by atoms with Crippen LogP contribution >= 0.6 is 15.9 Å². The maximum absolute atomic E-state index is 11.6. The molecule has 5 rings (SSSR count). The largest absolute Gasteiger partial charge is 0.515 e. The number of carbonyl (C=O) groups excluding carboxylic acids is 4. The normalized spacial score (nSPS) is 10.4. The van der Waals surface area contributed by atoms with Crippen LogP contribution in [0.25, 0.3) is 16.7 Å². The lowest BCUT2D eigenvalue weighted by molar-refractivity contribution is -0.140. The summed E-state index contributed by atoms with van der Waals surface area (Å²) < 4.78 is 28.3. The molecular formula is C55H65BrO13. The van der Waals surface area contributed by atoms with E-state index < -0.39 is 23.9 Å². The van der Waals surface area contributed by atoms with Crippen LogP contribution in [0.1, 0.15) is 63.1 Å². The van der Waals surface area contributed by atoms with Crippen LogP contribution in [-0.2, 0) is 70.6 Å². The number of aliphatic hydroxyl groups excluding tert-OH is 1. The summed E-state index contributed by atoms with van der Waals surface area (Å²) in [5.74, 6) is -2.31. The third-order valence-electron chi connectivity index (χ3n) is 9.57. The number of halogens is 1. The van der Waals surface area contributed by atoms with Crippen LogP contribution in [0.5, 0.6) is 0 Å². The van der Waals surface area contributed by atoms with Gasteiger partial charge in [0.05, 0.1) is 74.3 Å². The van der Waals surface area contributed by atoms with E-state index in [0.717, 1.165) is 56.3 Å². The molecule has 0 aliphatic rings. The van der Waals surface area contributed by atoms with Gasteiger partial charge < -0.3 is 38.6 Å². The summed E-state index contributed by atoms with van der Waals surface area (Å²) in [5.41, 5.74) is 10.4. The quantitative estimate of drug-likeness (QED) is 0.0374. The lowest BCUT2D eigenvalue weighted by Crippen LogP contribution is -2.06. The van der Waals surface area contributed by atoms with Gasteiger partial charge in [-0.2, -0.15) is 0 Å². The van der Waals surface area contributed by atoms with Crippen molar-refractivity contribution in [1.29, 1.82) is 0 Å². The summed E-state index contributed by atoms with van der Waals surface area (Å²) in [5, 5.41) is 18.1. The fraction of sp³-hybridized carbons (Fsp3) is 0.255. The number of aliphatic hydroxyl groups is 1. The van der Waals surface area contributed by atoms with Gasteiger partial charge >= 0.3 is 29.8 Å². The summed E-state index contributed by atoms with van der Waals surface area (Å²) in [6.45, 7) is 7.69. The van der Waals surface area contributed by atoms with Gasteiger partial charge in [0.25, 0.3) is 0 Å². The first-order valence-electron chi connectivity index (χ1n) is 20.8. The number of hydrogen-bond acceptors (Lipinski definition) is 12. The highest BCUT2D eigenvalue weighted by molar-refractivity contribution is 9.08. The van der Waals surface area contributed by atoms with Crippen LogP contribution < -0.4 is 0 Å². The predicted molar refractivity (Wildman–Crippen MR) is 274 cm³/mol. The van der Waals surface area contributed by atoms with Gasteiger partial charge in [0.15, 0.2) is 0 Å². The van der Waals surface area contributed by atoms with Crippen molar-refractivity contribution in [2.24, 2.45) is 0 Å². The molecule has 0 fully saturated rings. The second kappa shape index (κ2) is 34.8.